The van der Waals surface area contributed by atoms with Crippen LogP contribution in [-0.4, -0.2) is 17.4 Å². The van der Waals surface area contributed by atoms with Gasteiger partial charge in [-0.25, -0.2) is 0 Å². The van der Waals surface area contributed by atoms with Gasteiger partial charge in [-0.1, -0.05) is 37.7 Å². The highest BCUT2D eigenvalue weighted by Gasteiger charge is 2.24. The van der Waals surface area contributed by atoms with Gasteiger partial charge in [0.1, 0.15) is 0 Å². The van der Waals surface area contributed by atoms with Crippen LogP contribution in [0.15, 0.2) is 12.1 Å². The van der Waals surface area contributed by atoms with E-state index in [0.29, 0.717) is 6.54 Å². The topological polar surface area (TPSA) is 55.1 Å². The van der Waals surface area contributed by atoms with E-state index in [1.807, 2.05) is 26.0 Å². The second-order valence-corrected chi connectivity index (χ2v) is 6.64. The van der Waals surface area contributed by atoms with Crippen molar-refractivity contribution in [2.45, 2.75) is 20.3 Å². The Kier molecular flexibility index (Phi) is 6.05. The molecule has 1 aromatic rings. The van der Waals surface area contributed by atoms with Crippen molar-refractivity contribution >= 4 is 46.1 Å². The van der Waals surface area contributed by atoms with Crippen LogP contribution in [0, 0.1) is 11.8 Å². The van der Waals surface area contributed by atoms with Gasteiger partial charge in [-0.2, -0.15) is 0 Å². The molecule has 1 aromatic heterocycles. The van der Waals surface area contributed by atoms with Crippen LogP contribution >= 0.6 is 35.2 Å². The van der Waals surface area contributed by atoms with Crippen LogP contribution in [-0.2, 0) is 11.2 Å². The van der Waals surface area contributed by atoms with Gasteiger partial charge in [-0.15, -0.1) is 11.3 Å². The third-order valence-corrected chi connectivity index (χ3v) is 4.10. The highest BCUT2D eigenvalue weighted by Crippen LogP contribution is 2.21. The molecule has 1 atom stereocenters. The highest BCUT2D eigenvalue weighted by molar-refractivity contribution is 7.80. The molecular formula is C12H17ClN2OS2. The Bertz CT molecular complexity index is 431. The SMILES string of the molecule is CC(C)C(C(=O)NCCc1ccc(Cl)s1)C(N)=S. The molecule has 1 amide bonds. The number of rotatable bonds is 6. The molecule has 0 aliphatic heterocycles. The summed E-state index contributed by atoms with van der Waals surface area (Å²) in [5.74, 6) is -0.384. The van der Waals surface area contributed by atoms with Crippen LogP contribution in [0.3, 0.4) is 0 Å². The Hall–Kier alpha value is -0.650. The maximum absolute atomic E-state index is 11.9. The molecule has 3 N–H and O–H groups in total. The minimum atomic E-state index is -0.396. The maximum atomic E-state index is 11.9. The molecule has 1 unspecified atom stereocenters. The lowest BCUT2D eigenvalue weighted by Crippen LogP contribution is -2.41. The van der Waals surface area contributed by atoms with Gasteiger partial charge in [0.25, 0.3) is 0 Å². The van der Waals surface area contributed by atoms with Crippen LogP contribution in [0.2, 0.25) is 4.34 Å². The molecule has 1 rings (SSSR count). The molecule has 0 saturated heterocycles. The van der Waals surface area contributed by atoms with E-state index in [0.717, 1.165) is 15.6 Å². The third-order valence-electron chi connectivity index (χ3n) is 2.56. The molecule has 0 aromatic carbocycles. The highest BCUT2D eigenvalue weighted by atomic mass is 35.5. The molecule has 3 nitrogen and oxygen atoms in total. The van der Waals surface area contributed by atoms with Crippen molar-refractivity contribution in [1.82, 2.24) is 5.32 Å². The fourth-order valence-corrected chi connectivity index (χ4v) is 3.13. The number of carbonyl (C=O) groups is 1. The van der Waals surface area contributed by atoms with Gasteiger partial charge in [0.05, 0.1) is 15.2 Å². The predicted octanol–water partition coefficient (Wildman–Crippen LogP) is 2.62. The minimum absolute atomic E-state index is 0.0971. The number of thiocarbonyl (C=S) groups is 1. The van der Waals surface area contributed by atoms with Crippen molar-refractivity contribution in [3.63, 3.8) is 0 Å². The van der Waals surface area contributed by atoms with Crippen LogP contribution in [0.1, 0.15) is 18.7 Å². The smallest absolute Gasteiger partial charge is 0.230 e. The van der Waals surface area contributed by atoms with E-state index >= 15 is 0 Å². The van der Waals surface area contributed by atoms with Gasteiger partial charge in [0.15, 0.2) is 0 Å². The Morgan fingerprint density at radius 3 is 2.67 bits per heavy atom. The van der Waals surface area contributed by atoms with Gasteiger partial charge in [0, 0.05) is 11.4 Å². The summed E-state index contributed by atoms with van der Waals surface area (Å²) in [4.78, 5) is 13.3. The molecular weight excluding hydrogens is 288 g/mol. The molecule has 0 aliphatic rings. The zero-order chi connectivity index (χ0) is 13.7. The van der Waals surface area contributed by atoms with Gasteiger partial charge in [-0.3, -0.25) is 4.79 Å². The Labute approximate surface area is 122 Å². The van der Waals surface area contributed by atoms with Crippen molar-refractivity contribution in [2.75, 3.05) is 6.54 Å². The van der Waals surface area contributed by atoms with Crippen molar-refractivity contribution < 1.29 is 4.79 Å². The van der Waals surface area contributed by atoms with Gasteiger partial charge >= 0.3 is 0 Å². The van der Waals surface area contributed by atoms with Crippen molar-refractivity contribution in [1.29, 1.82) is 0 Å². The van der Waals surface area contributed by atoms with Crippen LogP contribution in [0.5, 0.6) is 0 Å². The first-order valence-corrected chi connectivity index (χ1v) is 7.33. The van der Waals surface area contributed by atoms with Crippen LogP contribution in [0.4, 0.5) is 0 Å². The maximum Gasteiger partial charge on any atom is 0.230 e. The molecule has 0 spiro atoms. The summed E-state index contributed by atoms with van der Waals surface area (Å²) in [6, 6.07) is 3.82. The monoisotopic (exact) mass is 304 g/mol. The summed E-state index contributed by atoms with van der Waals surface area (Å²) in [6.07, 6.45) is 0.769. The second-order valence-electron chi connectivity index (χ2n) is 4.37. The molecule has 0 saturated carbocycles. The lowest BCUT2D eigenvalue weighted by atomic mass is 9.95. The number of nitrogens with one attached hydrogen (secondary N) is 1. The van der Waals surface area contributed by atoms with E-state index in [1.165, 1.54) is 11.3 Å². The molecule has 0 fully saturated rings. The number of hydrogen-bond acceptors (Lipinski definition) is 3. The molecule has 1 heterocycles. The third kappa shape index (κ3) is 4.55. The first-order chi connectivity index (χ1) is 8.41. The fourth-order valence-electron chi connectivity index (χ4n) is 1.67. The zero-order valence-electron chi connectivity index (χ0n) is 10.4. The van der Waals surface area contributed by atoms with Crippen molar-refractivity contribution in [3.05, 3.63) is 21.3 Å². The van der Waals surface area contributed by atoms with Crippen LogP contribution < -0.4 is 11.1 Å². The average Bonchev–Trinajstić information content (AvgIpc) is 2.63. The number of halogens is 1. The molecule has 100 valence electrons. The van der Waals surface area contributed by atoms with Gasteiger partial charge < -0.3 is 11.1 Å². The van der Waals surface area contributed by atoms with E-state index in [4.69, 9.17) is 29.6 Å². The summed E-state index contributed by atoms with van der Waals surface area (Å²) in [5.41, 5.74) is 5.58. The molecule has 0 bridgehead atoms. The molecule has 18 heavy (non-hydrogen) atoms. The first-order valence-electron chi connectivity index (χ1n) is 5.73. The standard InChI is InChI=1S/C12H17ClN2OS2/c1-7(2)10(11(14)17)12(16)15-6-5-8-3-4-9(13)18-8/h3-4,7,10H,5-6H2,1-2H3,(H2,14,17)(H,15,16). The number of carbonyl (C=O) groups excluding carboxylic acids is 1. The largest absolute Gasteiger partial charge is 0.393 e. The molecule has 0 aliphatic carbocycles. The lowest BCUT2D eigenvalue weighted by molar-refractivity contribution is -0.123. The zero-order valence-corrected chi connectivity index (χ0v) is 12.8. The minimum Gasteiger partial charge on any atom is -0.393 e. The van der Waals surface area contributed by atoms with E-state index in [1.54, 1.807) is 0 Å². The van der Waals surface area contributed by atoms with Gasteiger partial charge in [0.2, 0.25) is 5.91 Å². The Morgan fingerprint density at radius 1 is 1.56 bits per heavy atom. The summed E-state index contributed by atoms with van der Waals surface area (Å²) in [7, 11) is 0. The van der Waals surface area contributed by atoms with E-state index in [-0.39, 0.29) is 16.8 Å². The summed E-state index contributed by atoms with van der Waals surface area (Å²) in [5, 5.41) is 2.86. The Balaban J connectivity index is 2.43. The number of thiophene rings is 1. The number of amides is 1. The average molecular weight is 305 g/mol. The van der Waals surface area contributed by atoms with Crippen molar-refractivity contribution in [2.24, 2.45) is 17.6 Å². The second kappa shape index (κ2) is 7.07. The summed E-state index contributed by atoms with van der Waals surface area (Å²) >= 11 is 12.3. The van der Waals surface area contributed by atoms with E-state index in [2.05, 4.69) is 5.32 Å². The van der Waals surface area contributed by atoms with E-state index < -0.39 is 5.92 Å². The van der Waals surface area contributed by atoms with Crippen LogP contribution in [0.25, 0.3) is 0 Å². The quantitative estimate of drug-likeness (QED) is 0.794. The predicted molar refractivity (Wildman–Crippen MR) is 81.2 cm³/mol. The molecule has 6 heteroatoms. The molecule has 0 radical (unpaired) electrons. The lowest BCUT2D eigenvalue weighted by Gasteiger charge is -2.18. The van der Waals surface area contributed by atoms with Gasteiger partial charge in [-0.05, 0) is 24.5 Å². The Morgan fingerprint density at radius 2 is 2.22 bits per heavy atom. The number of hydrogen-bond donors (Lipinski definition) is 2. The van der Waals surface area contributed by atoms with Crippen molar-refractivity contribution in [3.8, 4) is 0 Å². The normalized spacial score (nSPS) is 12.4. The summed E-state index contributed by atoms with van der Waals surface area (Å²) in [6.45, 7) is 4.44. The first kappa shape index (κ1) is 15.4. The van der Waals surface area contributed by atoms with E-state index in [9.17, 15) is 4.79 Å². The summed E-state index contributed by atoms with van der Waals surface area (Å²) < 4.78 is 0.763. The fraction of sp³-hybridized carbons (Fsp3) is 0.500. The number of nitrogens with two attached hydrogens (primary N) is 1.